The van der Waals surface area contributed by atoms with E-state index in [0.29, 0.717) is 10.9 Å². The Balaban J connectivity index is 2.53. The van der Waals surface area contributed by atoms with Crippen LogP contribution in [0.5, 0.6) is 0 Å². The van der Waals surface area contributed by atoms with E-state index in [1.165, 1.54) is 10.8 Å². The summed E-state index contributed by atoms with van der Waals surface area (Å²) in [5, 5.41) is 0.508. The fourth-order valence-corrected chi connectivity index (χ4v) is 1.74. The van der Waals surface area contributed by atoms with Crippen LogP contribution in [-0.2, 0) is 0 Å². The first-order valence-electron chi connectivity index (χ1n) is 5.58. The number of hydrogen-bond acceptors (Lipinski definition) is 2. The van der Waals surface area contributed by atoms with Crippen LogP contribution in [0.1, 0.15) is 11.7 Å². The molecule has 1 atom stereocenters. The molecular formula is C13H14F2N2O. The Morgan fingerprint density at radius 3 is 2.50 bits per heavy atom. The van der Waals surface area contributed by atoms with Crippen molar-refractivity contribution in [3.05, 3.63) is 36.0 Å². The summed E-state index contributed by atoms with van der Waals surface area (Å²) in [6.07, 6.45) is 1.53. The number of halogens is 2. The summed E-state index contributed by atoms with van der Waals surface area (Å²) in [6.45, 7) is 1.76. The van der Waals surface area contributed by atoms with Gasteiger partial charge < -0.3 is 0 Å². The first-order chi connectivity index (χ1) is 8.41. The Hall–Kier alpha value is -1.75. The molecule has 0 amide bonds. The molecule has 96 valence electrons. The van der Waals surface area contributed by atoms with Crippen LogP contribution >= 0.6 is 0 Å². The van der Waals surface area contributed by atoms with E-state index in [0.717, 1.165) is 12.1 Å². The van der Waals surface area contributed by atoms with Crippen molar-refractivity contribution < 1.29 is 13.6 Å². The van der Waals surface area contributed by atoms with Gasteiger partial charge in [0.05, 0.1) is 11.6 Å². The predicted octanol–water partition coefficient (Wildman–Crippen LogP) is 2.51. The number of likely N-dealkylation sites (N-methyl/N-ethyl adjacent to an activating group) is 1. The number of hydrogen-bond donors (Lipinski definition) is 0. The number of nitrogens with zero attached hydrogens (tertiary/aromatic N) is 2. The number of aromatic nitrogens is 1. The second kappa shape index (κ2) is 4.49. The van der Waals surface area contributed by atoms with Gasteiger partial charge in [0.25, 0.3) is 0 Å². The zero-order chi connectivity index (χ0) is 13.4. The molecule has 0 aliphatic heterocycles. The highest BCUT2D eigenvalue weighted by molar-refractivity contribution is 5.94. The van der Waals surface area contributed by atoms with Crippen molar-refractivity contribution in [1.82, 2.24) is 9.47 Å². The van der Waals surface area contributed by atoms with E-state index in [4.69, 9.17) is 0 Å². The first-order valence-corrected chi connectivity index (χ1v) is 5.58. The van der Waals surface area contributed by atoms with Crippen molar-refractivity contribution in [1.29, 1.82) is 0 Å². The van der Waals surface area contributed by atoms with Crippen LogP contribution in [-0.4, -0.2) is 35.5 Å². The molecule has 1 aromatic heterocycles. The summed E-state index contributed by atoms with van der Waals surface area (Å²) in [5.41, 5.74) is 0.382. The van der Waals surface area contributed by atoms with Gasteiger partial charge >= 0.3 is 0 Å². The third-order valence-corrected chi connectivity index (χ3v) is 3.10. The molecule has 3 nitrogen and oxygen atoms in total. The molecule has 1 aromatic carbocycles. The van der Waals surface area contributed by atoms with Crippen molar-refractivity contribution in [2.24, 2.45) is 0 Å². The lowest BCUT2D eigenvalue weighted by Gasteiger charge is -2.19. The number of fused-ring (bicyclic) bond motifs is 1. The Morgan fingerprint density at radius 1 is 1.28 bits per heavy atom. The Labute approximate surface area is 104 Å². The Kier molecular flexibility index (Phi) is 3.17. The maximum absolute atomic E-state index is 13.2. The molecule has 1 heterocycles. The zero-order valence-corrected chi connectivity index (χ0v) is 10.4. The summed E-state index contributed by atoms with van der Waals surface area (Å²) >= 11 is 0. The minimum atomic E-state index is -0.951. The van der Waals surface area contributed by atoms with Crippen LogP contribution in [0.15, 0.2) is 24.4 Å². The first kappa shape index (κ1) is 12.7. The fraction of sp³-hybridized carbons (Fsp3) is 0.308. The van der Waals surface area contributed by atoms with Crippen LogP contribution < -0.4 is 0 Å². The van der Waals surface area contributed by atoms with Crippen LogP contribution in [0.25, 0.3) is 10.9 Å². The zero-order valence-electron chi connectivity index (χ0n) is 10.4. The van der Waals surface area contributed by atoms with E-state index in [1.807, 2.05) is 0 Å². The number of carbonyl (C=O) groups is 1. The molecule has 18 heavy (non-hydrogen) atoms. The molecule has 0 spiro atoms. The molecule has 0 saturated heterocycles. The predicted molar refractivity (Wildman–Crippen MR) is 65.6 cm³/mol. The molecule has 2 rings (SSSR count). The van der Waals surface area contributed by atoms with Gasteiger partial charge in [0.1, 0.15) is 0 Å². The van der Waals surface area contributed by atoms with Crippen molar-refractivity contribution in [3.63, 3.8) is 0 Å². The molecule has 0 aliphatic carbocycles. The lowest BCUT2D eigenvalue weighted by Crippen LogP contribution is -2.36. The normalized spacial score (nSPS) is 13.2. The highest BCUT2D eigenvalue weighted by atomic mass is 19.2. The van der Waals surface area contributed by atoms with Crippen molar-refractivity contribution in [2.45, 2.75) is 13.0 Å². The third kappa shape index (κ3) is 2.01. The van der Waals surface area contributed by atoms with Crippen LogP contribution in [0, 0.1) is 11.6 Å². The number of benzene rings is 1. The van der Waals surface area contributed by atoms with Gasteiger partial charge in [0, 0.05) is 17.6 Å². The molecule has 0 aliphatic rings. The molecule has 0 bridgehead atoms. The van der Waals surface area contributed by atoms with Crippen molar-refractivity contribution in [2.75, 3.05) is 14.1 Å². The monoisotopic (exact) mass is 252 g/mol. The van der Waals surface area contributed by atoms with Gasteiger partial charge in [0.15, 0.2) is 11.6 Å². The summed E-state index contributed by atoms with van der Waals surface area (Å²) in [5.74, 6) is -2.04. The molecular weight excluding hydrogens is 238 g/mol. The van der Waals surface area contributed by atoms with Gasteiger partial charge in [-0.1, -0.05) is 0 Å². The molecule has 0 unspecified atom stereocenters. The summed E-state index contributed by atoms with van der Waals surface area (Å²) < 4.78 is 27.6. The van der Waals surface area contributed by atoms with Crippen LogP contribution in [0.3, 0.4) is 0 Å². The van der Waals surface area contributed by atoms with Crippen LogP contribution in [0.4, 0.5) is 8.78 Å². The molecule has 0 radical (unpaired) electrons. The van der Waals surface area contributed by atoms with E-state index in [9.17, 15) is 13.6 Å². The lowest BCUT2D eigenvalue weighted by atomic mass is 10.2. The minimum Gasteiger partial charge on any atom is -0.298 e. The smallest absolute Gasteiger partial charge is 0.248 e. The molecule has 5 heteroatoms. The van der Waals surface area contributed by atoms with Gasteiger partial charge in [0.2, 0.25) is 5.91 Å². The van der Waals surface area contributed by atoms with Crippen LogP contribution in [0.2, 0.25) is 0 Å². The van der Waals surface area contributed by atoms with E-state index in [1.54, 1.807) is 32.0 Å². The quantitative estimate of drug-likeness (QED) is 0.820. The lowest BCUT2D eigenvalue weighted by molar-refractivity contribution is 0.0809. The molecule has 0 fully saturated rings. The maximum Gasteiger partial charge on any atom is 0.248 e. The third-order valence-electron chi connectivity index (χ3n) is 3.10. The van der Waals surface area contributed by atoms with Gasteiger partial charge in [-0.25, -0.2) is 8.78 Å². The SMILES string of the molecule is C[C@@H](C(=O)n1ccc2cc(F)c(F)cc21)N(C)C. The summed E-state index contributed by atoms with van der Waals surface area (Å²) in [6, 6.07) is 3.39. The second-order valence-corrected chi connectivity index (χ2v) is 4.49. The summed E-state index contributed by atoms with van der Waals surface area (Å²) in [7, 11) is 3.57. The minimum absolute atomic E-state index is 0.180. The number of rotatable bonds is 2. The van der Waals surface area contributed by atoms with E-state index >= 15 is 0 Å². The van der Waals surface area contributed by atoms with Crippen molar-refractivity contribution in [3.8, 4) is 0 Å². The number of carbonyl (C=O) groups excluding carboxylic acids is 1. The molecule has 2 aromatic rings. The van der Waals surface area contributed by atoms with E-state index < -0.39 is 11.6 Å². The summed E-state index contributed by atoms with van der Waals surface area (Å²) in [4.78, 5) is 13.9. The Morgan fingerprint density at radius 2 is 1.89 bits per heavy atom. The van der Waals surface area contributed by atoms with Crippen molar-refractivity contribution >= 4 is 16.8 Å². The van der Waals surface area contributed by atoms with Gasteiger partial charge in [-0.05, 0) is 33.2 Å². The van der Waals surface area contributed by atoms with Gasteiger partial charge in [-0.15, -0.1) is 0 Å². The average Bonchev–Trinajstić information content (AvgIpc) is 2.70. The highest BCUT2D eigenvalue weighted by Gasteiger charge is 2.19. The average molecular weight is 252 g/mol. The topological polar surface area (TPSA) is 25.2 Å². The fourth-order valence-electron chi connectivity index (χ4n) is 1.74. The van der Waals surface area contributed by atoms with Gasteiger partial charge in [-0.3, -0.25) is 14.3 Å². The largest absolute Gasteiger partial charge is 0.298 e. The van der Waals surface area contributed by atoms with E-state index in [2.05, 4.69) is 0 Å². The second-order valence-electron chi connectivity index (χ2n) is 4.49. The maximum atomic E-state index is 13.2. The standard InChI is InChI=1S/C13H14F2N2O/c1-8(16(2)3)13(18)17-5-4-9-6-10(14)11(15)7-12(9)17/h4-8H,1-3H3/t8-/m0/s1. The molecule has 0 saturated carbocycles. The molecule has 0 N–H and O–H groups in total. The highest BCUT2D eigenvalue weighted by Crippen LogP contribution is 2.20. The Bertz CT molecular complexity index is 604. The van der Waals surface area contributed by atoms with Gasteiger partial charge in [-0.2, -0.15) is 0 Å². The van der Waals surface area contributed by atoms with E-state index in [-0.39, 0.29) is 11.9 Å².